The first-order chi connectivity index (χ1) is 16.7. The molecule has 3 rings (SSSR count). The molecule has 2 aromatic rings. The first kappa shape index (κ1) is 26.8. The number of anilines is 1. The summed E-state index contributed by atoms with van der Waals surface area (Å²) in [6, 6.07) is 9.14. The number of carbonyl (C=O) groups excluding carboxylic acids is 2. The third kappa shape index (κ3) is 7.13. The van der Waals surface area contributed by atoms with Crippen molar-refractivity contribution in [2.75, 3.05) is 19.0 Å². The molecule has 1 aromatic carbocycles. The van der Waals surface area contributed by atoms with E-state index in [-0.39, 0.29) is 37.3 Å². The Kier molecular flexibility index (Phi) is 9.42. The number of urea groups is 1. The second-order valence-corrected chi connectivity index (χ2v) is 9.21. The summed E-state index contributed by atoms with van der Waals surface area (Å²) in [6.07, 6.45) is 1.26. The van der Waals surface area contributed by atoms with Crippen LogP contribution in [0.5, 0.6) is 0 Å². The van der Waals surface area contributed by atoms with Gasteiger partial charge in [0.1, 0.15) is 0 Å². The lowest BCUT2D eigenvalue weighted by Crippen LogP contribution is -2.48. The van der Waals surface area contributed by atoms with Crippen LogP contribution in [0.2, 0.25) is 0 Å². The van der Waals surface area contributed by atoms with E-state index in [1.807, 2.05) is 38.1 Å². The molecule has 35 heavy (non-hydrogen) atoms. The number of ether oxygens (including phenoxy) is 3. The topological polar surface area (TPSA) is 110 Å². The van der Waals surface area contributed by atoms with Crippen molar-refractivity contribution >= 4 is 28.6 Å². The largest absolute Gasteiger partial charge is 0.466 e. The van der Waals surface area contributed by atoms with Crippen LogP contribution in [-0.2, 0) is 19.0 Å². The lowest BCUT2D eigenvalue weighted by molar-refractivity contribution is -0.221. The van der Waals surface area contributed by atoms with Crippen LogP contribution in [-0.4, -0.2) is 71.3 Å². The van der Waals surface area contributed by atoms with Crippen LogP contribution >= 0.6 is 0 Å². The van der Waals surface area contributed by atoms with Gasteiger partial charge in [-0.15, -0.1) is 0 Å². The number of hydrogen-bond donors (Lipinski definition) is 2. The van der Waals surface area contributed by atoms with Crippen LogP contribution in [0.4, 0.5) is 10.5 Å². The van der Waals surface area contributed by atoms with E-state index in [0.29, 0.717) is 18.5 Å². The maximum Gasteiger partial charge on any atom is 0.321 e. The summed E-state index contributed by atoms with van der Waals surface area (Å²) in [5.41, 5.74) is 1.52. The maximum absolute atomic E-state index is 13.1. The molecule has 2 N–H and O–H groups in total. The van der Waals surface area contributed by atoms with Crippen LogP contribution in [0.1, 0.15) is 47.0 Å². The van der Waals surface area contributed by atoms with Gasteiger partial charge < -0.3 is 29.5 Å². The van der Waals surface area contributed by atoms with Gasteiger partial charge in [0.25, 0.3) is 0 Å². The van der Waals surface area contributed by atoms with Crippen molar-refractivity contribution in [2.45, 2.75) is 77.6 Å². The molecule has 1 fully saturated rings. The van der Waals surface area contributed by atoms with Crippen LogP contribution < -0.4 is 5.32 Å². The summed E-state index contributed by atoms with van der Waals surface area (Å²) in [5.74, 6) is -1.07. The minimum Gasteiger partial charge on any atom is -0.466 e. The number of aliphatic hydroxyl groups is 1. The molecule has 0 spiro atoms. The predicted molar refractivity (Wildman–Crippen MR) is 133 cm³/mol. The fraction of sp³-hybridized carbons (Fsp3) is 0.577. The van der Waals surface area contributed by atoms with Gasteiger partial charge in [-0.1, -0.05) is 18.2 Å². The fourth-order valence-corrected chi connectivity index (χ4v) is 4.34. The van der Waals surface area contributed by atoms with E-state index in [4.69, 9.17) is 14.2 Å². The Labute approximate surface area is 206 Å². The van der Waals surface area contributed by atoms with Gasteiger partial charge >= 0.3 is 12.0 Å². The van der Waals surface area contributed by atoms with Gasteiger partial charge in [-0.3, -0.25) is 9.78 Å². The van der Waals surface area contributed by atoms with Gasteiger partial charge in [0, 0.05) is 37.5 Å². The monoisotopic (exact) mass is 487 g/mol. The molecule has 1 aliphatic heterocycles. The highest BCUT2D eigenvalue weighted by Gasteiger charge is 2.34. The van der Waals surface area contributed by atoms with Crippen molar-refractivity contribution in [3.05, 3.63) is 36.5 Å². The zero-order valence-electron chi connectivity index (χ0n) is 21.1. The Bertz CT molecular complexity index is 997. The lowest BCUT2D eigenvalue weighted by atomic mass is 9.99. The smallest absolute Gasteiger partial charge is 0.321 e. The first-order valence-electron chi connectivity index (χ1n) is 12.2. The number of para-hydroxylation sites is 1. The third-order valence-electron chi connectivity index (χ3n) is 6.40. The molecular formula is C26H37N3O6. The SMILES string of the molecule is CCOC(=O)C(C)[C@@H](O)C[C@H](C)OC1CC(N(C)C(=O)Nc2ccnc3ccccc23)CC(C)O1. The molecular weight excluding hydrogens is 450 g/mol. The Morgan fingerprint density at radius 3 is 2.74 bits per heavy atom. The van der Waals surface area contributed by atoms with E-state index in [0.717, 1.165) is 10.9 Å². The van der Waals surface area contributed by atoms with Crippen LogP contribution in [0.3, 0.4) is 0 Å². The quantitative estimate of drug-likeness (QED) is 0.515. The number of carbonyl (C=O) groups is 2. The van der Waals surface area contributed by atoms with Crippen LogP contribution in [0, 0.1) is 5.92 Å². The molecule has 1 saturated heterocycles. The predicted octanol–water partition coefficient (Wildman–Crippen LogP) is 3.95. The lowest BCUT2D eigenvalue weighted by Gasteiger charge is -2.39. The number of amides is 2. The number of benzene rings is 1. The third-order valence-corrected chi connectivity index (χ3v) is 6.40. The molecule has 9 heteroatoms. The zero-order chi connectivity index (χ0) is 25.5. The van der Waals surface area contributed by atoms with Crippen LogP contribution in [0.25, 0.3) is 10.9 Å². The summed E-state index contributed by atoms with van der Waals surface area (Å²) < 4.78 is 17.0. The van der Waals surface area contributed by atoms with Gasteiger partial charge in [0.15, 0.2) is 6.29 Å². The van der Waals surface area contributed by atoms with Gasteiger partial charge in [-0.2, -0.15) is 0 Å². The van der Waals surface area contributed by atoms with Gasteiger partial charge in [0.2, 0.25) is 0 Å². The van der Waals surface area contributed by atoms with E-state index in [1.54, 1.807) is 38.1 Å². The van der Waals surface area contributed by atoms with Crippen molar-refractivity contribution in [2.24, 2.45) is 5.92 Å². The highest BCUT2D eigenvalue weighted by atomic mass is 16.7. The van der Waals surface area contributed by atoms with Gasteiger partial charge in [-0.25, -0.2) is 4.79 Å². The normalized spacial score (nSPS) is 22.7. The molecule has 1 aliphatic rings. The van der Waals surface area contributed by atoms with Gasteiger partial charge in [0.05, 0.1) is 42.0 Å². The summed E-state index contributed by atoms with van der Waals surface area (Å²) in [5, 5.41) is 14.3. The number of rotatable bonds is 9. The standard InChI is InChI=1S/C26H37N3O6/c1-6-33-25(31)18(4)23(30)14-17(3)35-24-15-19(13-16(2)34-24)29(5)26(32)28-22-11-12-27-21-10-8-7-9-20(21)22/h7-12,16-19,23-24,30H,6,13-15H2,1-5H3,(H,27,28,32)/t16?,17-,18?,19?,23-,24?/m0/s1. The molecule has 0 saturated carbocycles. The summed E-state index contributed by atoms with van der Waals surface area (Å²) in [4.78, 5) is 31.0. The van der Waals surface area contributed by atoms with E-state index < -0.39 is 24.3 Å². The fourth-order valence-electron chi connectivity index (χ4n) is 4.34. The van der Waals surface area contributed by atoms with E-state index in [9.17, 15) is 14.7 Å². The van der Waals surface area contributed by atoms with Crippen molar-refractivity contribution in [1.82, 2.24) is 9.88 Å². The molecule has 0 bridgehead atoms. The van der Waals surface area contributed by atoms with E-state index >= 15 is 0 Å². The van der Waals surface area contributed by atoms with E-state index in [2.05, 4.69) is 10.3 Å². The highest BCUT2D eigenvalue weighted by Crippen LogP contribution is 2.27. The van der Waals surface area contributed by atoms with E-state index in [1.165, 1.54) is 0 Å². The average Bonchev–Trinajstić information content (AvgIpc) is 2.82. The number of nitrogens with one attached hydrogen (secondary N) is 1. The van der Waals surface area contributed by atoms with Crippen molar-refractivity contribution in [1.29, 1.82) is 0 Å². The summed E-state index contributed by atoms with van der Waals surface area (Å²) in [7, 11) is 1.77. The Morgan fingerprint density at radius 1 is 1.26 bits per heavy atom. The first-order valence-corrected chi connectivity index (χ1v) is 12.2. The minimum atomic E-state index is -0.885. The number of esters is 1. The number of pyridine rings is 1. The number of aromatic nitrogens is 1. The molecule has 0 radical (unpaired) electrons. The summed E-state index contributed by atoms with van der Waals surface area (Å²) in [6.45, 7) is 7.44. The number of hydrogen-bond acceptors (Lipinski definition) is 7. The van der Waals surface area contributed by atoms with Crippen molar-refractivity contribution in [3.8, 4) is 0 Å². The molecule has 0 aliphatic carbocycles. The molecule has 192 valence electrons. The second-order valence-electron chi connectivity index (χ2n) is 9.21. The second kappa shape index (κ2) is 12.3. The number of fused-ring (bicyclic) bond motifs is 1. The maximum atomic E-state index is 13.1. The molecule has 4 unspecified atom stereocenters. The summed E-state index contributed by atoms with van der Waals surface area (Å²) >= 11 is 0. The Morgan fingerprint density at radius 2 is 2.00 bits per heavy atom. The van der Waals surface area contributed by atoms with Crippen molar-refractivity contribution in [3.63, 3.8) is 0 Å². The average molecular weight is 488 g/mol. The highest BCUT2D eigenvalue weighted by molar-refractivity contribution is 6.00. The van der Waals surface area contributed by atoms with Crippen molar-refractivity contribution < 1.29 is 28.9 Å². The molecule has 1 aromatic heterocycles. The zero-order valence-corrected chi connectivity index (χ0v) is 21.1. The molecule has 2 heterocycles. The Balaban J connectivity index is 1.57. The van der Waals surface area contributed by atoms with Gasteiger partial charge in [-0.05, 0) is 46.2 Å². The molecule has 9 nitrogen and oxygen atoms in total. The molecule has 6 atom stereocenters. The number of aliphatic hydroxyl groups excluding tert-OH is 1. The Hall–Kier alpha value is -2.75. The minimum absolute atomic E-state index is 0.0903. The molecule has 2 amide bonds. The van der Waals surface area contributed by atoms with Crippen LogP contribution in [0.15, 0.2) is 36.5 Å². The number of nitrogens with zero attached hydrogens (tertiary/aromatic N) is 2.